The van der Waals surface area contributed by atoms with E-state index in [1.54, 1.807) is 0 Å². The van der Waals surface area contributed by atoms with Gasteiger partial charge in [-0.25, -0.2) is 9.78 Å². The van der Waals surface area contributed by atoms with Gasteiger partial charge in [-0.3, -0.25) is 0 Å². The van der Waals surface area contributed by atoms with E-state index in [4.69, 9.17) is 10.8 Å². The Morgan fingerprint density at radius 3 is 2.53 bits per heavy atom. The molecule has 0 unspecified atom stereocenters. The third kappa shape index (κ3) is 3.12. The summed E-state index contributed by atoms with van der Waals surface area (Å²) in [7, 11) is 0. The average Bonchev–Trinajstić information content (AvgIpc) is 2.05. The zero-order valence-electron chi connectivity index (χ0n) is 9.03. The minimum atomic E-state index is -1.03. The number of hydrogen-bond donors (Lipinski definition) is 3. The summed E-state index contributed by atoms with van der Waals surface area (Å²) in [5, 5.41) is 11.8. The molecule has 0 radical (unpaired) electrons. The molecule has 0 saturated carbocycles. The van der Waals surface area contributed by atoms with Crippen LogP contribution in [-0.4, -0.2) is 21.6 Å². The van der Waals surface area contributed by atoms with E-state index < -0.39 is 5.97 Å². The molecule has 0 amide bonds. The normalized spacial score (nSPS) is 11.1. The van der Waals surface area contributed by atoms with Crippen molar-refractivity contribution >= 4 is 17.5 Å². The molecular weight excluding hydrogens is 194 g/mol. The molecule has 0 aromatic carbocycles. The average molecular weight is 209 g/mol. The van der Waals surface area contributed by atoms with Crippen LogP contribution in [0.25, 0.3) is 0 Å². The number of nitrogen functional groups attached to an aromatic ring is 1. The van der Waals surface area contributed by atoms with Crippen LogP contribution in [-0.2, 0) is 0 Å². The first-order chi connectivity index (χ1) is 6.79. The van der Waals surface area contributed by atoms with Gasteiger partial charge in [-0.1, -0.05) is 0 Å². The Bertz CT molecular complexity index is 383. The number of nitrogens with two attached hydrogens (primary N) is 1. The maximum absolute atomic E-state index is 10.6. The van der Waals surface area contributed by atoms with Crippen molar-refractivity contribution < 1.29 is 9.90 Å². The van der Waals surface area contributed by atoms with Gasteiger partial charge in [0.1, 0.15) is 5.82 Å². The number of nitrogens with zero attached hydrogens (tertiary/aromatic N) is 1. The fourth-order valence-corrected chi connectivity index (χ4v) is 1.06. The summed E-state index contributed by atoms with van der Waals surface area (Å²) in [6, 6.07) is 1.39. The van der Waals surface area contributed by atoms with Crippen LogP contribution in [0.4, 0.5) is 11.5 Å². The van der Waals surface area contributed by atoms with Crippen molar-refractivity contribution in [3.8, 4) is 0 Å². The van der Waals surface area contributed by atoms with Crippen LogP contribution in [0.15, 0.2) is 12.3 Å². The smallest absolute Gasteiger partial charge is 0.337 e. The maximum atomic E-state index is 10.6. The second kappa shape index (κ2) is 3.76. The summed E-state index contributed by atoms with van der Waals surface area (Å²) in [4.78, 5) is 14.6. The first-order valence-electron chi connectivity index (χ1n) is 4.56. The van der Waals surface area contributed by atoms with E-state index in [0.29, 0.717) is 11.5 Å². The van der Waals surface area contributed by atoms with Gasteiger partial charge in [0.15, 0.2) is 0 Å². The van der Waals surface area contributed by atoms with Crippen LogP contribution in [0.3, 0.4) is 0 Å². The van der Waals surface area contributed by atoms with Crippen molar-refractivity contribution in [2.24, 2.45) is 0 Å². The highest BCUT2D eigenvalue weighted by atomic mass is 16.4. The lowest BCUT2D eigenvalue weighted by Crippen LogP contribution is -2.27. The molecule has 15 heavy (non-hydrogen) atoms. The molecule has 0 aliphatic rings. The largest absolute Gasteiger partial charge is 0.478 e. The summed E-state index contributed by atoms with van der Waals surface area (Å²) >= 11 is 0. The molecule has 1 aromatic heterocycles. The van der Waals surface area contributed by atoms with Gasteiger partial charge in [0.2, 0.25) is 0 Å². The zero-order chi connectivity index (χ0) is 11.6. The molecular formula is C10H15N3O2. The molecule has 0 aliphatic heterocycles. The standard InChI is InChI=1S/C10H15N3O2/c1-10(2,3)13-8-7(11)4-6(5-12-8)9(14)15/h4-5H,11H2,1-3H3,(H,12,13)(H,14,15). The Kier molecular flexibility index (Phi) is 2.83. The Morgan fingerprint density at radius 2 is 2.13 bits per heavy atom. The molecule has 0 atom stereocenters. The molecule has 5 heteroatoms. The van der Waals surface area contributed by atoms with E-state index in [2.05, 4.69) is 10.3 Å². The third-order valence-electron chi connectivity index (χ3n) is 1.66. The van der Waals surface area contributed by atoms with Gasteiger partial charge in [0.25, 0.3) is 0 Å². The number of aromatic carboxylic acids is 1. The second-order valence-electron chi connectivity index (χ2n) is 4.34. The summed E-state index contributed by atoms with van der Waals surface area (Å²) in [6.45, 7) is 5.91. The summed E-state index contributed by atoms with van der Waals surface area (Å²) in [5.74, 6) is -0.524. The number of carboxylic acids is 1. The third-order valence-corrected chi connectivity index (χ3v) is 1.66. The van der Waals surface area contributed by atoms with Gasteiger partial charge >= 0.3 is 5.97 Å². The highest BCUT2D eigenvalue weighted by molar-refractivity contribution is 5.89. The van der Waals surface area contributed by atoms with Crippen LogP contribution < -0.4 is 11.1 Å². The molecule has 5 nitrogen and oxygen atoms in total. The minimum Gasteiger partial charge on any atom is -0.478 e. The van der Waals surface area contributed by atoms with Crippen molar-refractivity contribution in [3.63, 3.8) is 0 Å². The maximum Gasteiger partial charge on any atom is 0.337 e. The number of pyridine rings is 1. The van der Waals surface area contributed by atoms with Crippen molar-refractivity contribution in [2.45, 2.75) is 26.3 Å². The molecule has 0 fully saturated rings. The lowest BCUT2D eigenvalue weighted by atomic mass is 10.1. The number of hydrogen-bond acceptors (Lipinski definition) is 4. The predicted molar refractivity (Wildman–Crippen MR) is 59.0 cm³/mol. The Balaban J connectivity index is 2.99. The van der Waals surface area contributed by atoms with Crippen LogP contribution in [0.1, 0.15) is 31.1 Å². The molecule has 4 N–H and O–H groups in total. The number of anilines is 2. The fraction of sp³-hybridized carbons (Fsp3) is 0.400. The van der Waals surface area contributed by atoms with Gasteiger partial charge in [0.05, 0.1) is 11.3 Å². The molecule has 0 saturated heterocycles. The van der Waals surface area contributed by atoms with Crippen molar-refractivity contribution in [1.82, 2.24) is 4.98 Å². The first-order valence-corrected chi connectivity index (χ1v) is 4.56. The van der Waals surface area contributed by atoms with Gasteiger partial charge in [-0.2, -0.15) is 0 Å². The summed E-state index contributed by atoms with van der Waals surface area (Å²) in [6.07, 6.45) is 1.28. The first kappa shape index (κ1) is 11.3. The zero-order valence-corrected chi connectivity index (χ0v) is 9.03. The summed E-state index contributed by atoms with van der Waals surface area (Å²) in [5.41, 5.74) is 5.94. The van der Waals surface area contributed by atoms with E-state index in [-0.39, 0.29) is 11.1 Å². The molecule has 1 aromatic rings. The van der Waals surface area contributed by atoms with E-state index in [0.717, 1.165) is 0 Å². The fourth-order valence-electron chi connectivity index (χ4n) is 1.06. The Morgan fingerprint density at radius 1 is 1.53 bits per heavy atom. The Labute approximate surface area is 88.3 Å². The Hall–Kier alpha value is -1.78. The van der Waals surface area contributed by atoms with E-state index in [1.165, 1.54) is 12.3 Å². The molecule has 0 spiro atoms. The van der Waals surface area contributed by atoms with Crippen LogP contribution >= 0.6 is 0 Å². The molecule has 0 aliphatic carbocycles. The van der Waals surface area contributed by atoms with E-state index >= 15 is 0 Å². The molecule has 0 bridgehead atoms. The summed E-state index contributed by atoms with van der Waals surface area (Å²) < 4.78 is 0. The molecule has 1 rings (SSSR count). The number of aromatic nitrogens is 1. The molecule has 1 heterocycles. The second-order valence-corrected chi connectivity index (χ2v) is 4.34. The van der Waals surface area contributed by atoms with Gasteiger partial charge in [0, 0.05) is 11.7 Å². The van der Waals surface area contributed by atoms with Gasteiger partial charge in [-0.15, -0.1) is 0 Å². The number of carboxylic acid groups (broad SMARTS) is 1. The van der Waals surface area contributed by atoms with Gasteiger partial charge < -0.3 is 16.2 Å². The van der Waals surface area contributed by atoms with Gasteiger partial charge in [-0.05, 0) is 26.8 Å². The quantitative estimate of drug-likeness (QED) is 0.688. The topological polar surface area (TPSA) is 88.2 Å². The lowest BCUT2D eigenvalue weighted by molar-refractivity contribution is 0.0696. The highest BCUT2D eigenvalue weighted by Gasteiger charge is 2.13. The minimum absolute atomic E-state index is 0.0898. The monoisotopic (exact) mass is 209 g/mol. The van der Waals surface area contributed by atoms with Crippen LogP contribution in [0.2, 0.25) is 0 Å². The van der Waals surface area contributed by atoms with Crippen molar-refractivity contribution in [1.29, 1.82) is 0 Å². The van der Waals surface area contributed by atoms with Crippen molar-refractivity contribution in [3.05, 3.63) is 17.8 Å². The molecule has 82 valence electrons. The number of rotatable bonds is 2. The SMILES string of the molecule is CC(C)(C)Nc1ncc(C(=O)O)cc1N. The highest BCUT2D eigenvalue weighted by Crippen LogP contribution is 2.20. The lowest BCUT2D eigenvalue weighted by Gasteiger charge is -2.22. The van der Waals surface area contributed by atoms with E-state index in [1.807, 2.05) is 20.8 Å². The number of nitrogens with one attached hydrogen (secondary N) is 1. The predicted octanol–water partition coefficient (Wildman–Crippen LogP) is 1.57. The van der Waals surface area contributed by atoms with Crippen LogP contribution in [0, 0.1) is 0 Å². The van der Waals surface area contributed by atoms with Crippen molar-refractivity contribution in [2.75, 3.05) is 11.1 Å². The van der Waals surface area contributed by atoms with E-state index in [9.17, 15) is 4.79 Å². The number of carbonyl (C=O) groups is 1. The van der Waals surface area contributed by atoms with Crippen LogP contribution in [0.5, 0.6) is 0 Å².